The van der Waals surface area contributed by atoms with Gasteiger partial charge in [0.2, 0.25) is 11.8 Å². The lowest BCUT2D eigenvalue weighted by atomic mass is 10.1. The molecule has 0 unspecified atom stereocenters. The van der Waals surface area contributed by atoms with Crippen LogP contribution in [0.1, 0.15) is 17.5 Å². The molecule has 0 aliphatic heterocycles. The number of carbonyl (C=O) groups excluding carboxylic acids is 3. The predicted molar refractivity (Wildman–Crippen MR) is 92.0 cm³/mol. The topological polar surface area (TPSA) is 98.5 Å². The molecule has 2 amide bonds. The summed E-state index contributed by atoms with van der Waals surface area (Å²) in [6.45, 7) is 0.0155. The van der Waals surface area contributed by atoms with E-state index < -0.39 is 41.9 Å². The number of hydrogen-bond donors (Lipinski definition) is 2. The van der Waals surface area contributed by atoms with Crippen molar-refractivity contribution >= 4 is 17.8 Å². The van der Waals surface area contributed by atoms with Crippen LogP contribution in [0.4, 0.5) is 8.78 Å². The van der Waals surface area contributed by atoms with Gasteiger partial charge in [-0.3, -0.25) is 14.4 Å². The van der Waals surface area contributed by atoms with E-state index in [9.17, 15) is 23.2 Å². The Bertz CT molecular complexity index is 807. The molecule has 0 fully saturated rings. The van der Waals surface area contributed by atoms with Gasteiger partial charge in [0.25, 0.3) is 0 Å². The van der Waals surface area contributed by atoms with Crippen molar-refractivity contribution in [2.45, 2.75) is 25.5 Å². The third-order valence-electron chi connectivity index (χ3n) is 3.58. The molecule has 6 nitrogen and oxygen atoms in total. The molecule has 27 heavy (non-hydrogen) atoms. The summed E-state index contributed by atoms with van der Waals surface area (Å²) in [6.07, 6.45) is -0.830. The van der Waals surface area contributed by atoms with Crippen LogP contribution in [0.15, 0.2) is 48.5 Å². The van der Waals surface area contributed by atoms with Gasteiger partial charge >= 0.3 is 5.97 Å². The van der Waals surface area contributed by atoms with Crippen molar-refractivity contribution in [1.82, 2.24) is 5.32 Å². The van der Waals surface area contributed by atoms with Gasteiger partial charge in [0.15, 0.2) is 0 Å². The maximum atomic E-state index is 13.2. The van der Waals surface area contributed by atoms with Crippen LogP contribution in [0.3, 0.4) is 0 Å². The highest BCUT2D eigenvalue weighted by molar-refractivity contribution is 5.90. The summed E-state index contributed by atoms with van der Waals surface area (Å²) in [5.74, 6) is -4.01. The number of hydrogen-bond acceptors (Lipinski definition) is 4. The normalized spacial score (nSPS) is 11.5. The number of rotatable bonds is 8. The van der Waals surface area contributed by atoms with Crippen molar-refractivity contribution in [3.63, 3.8) is 0 Å². The van der Waals surface area contributed by atoms with E-state index >= 15 is 0 Å². The molecule has 3 N–H and O–H groups in total. The van der Waals surface area contributed by atoms with Gasteiger partial charge in [0.1, 0.15) is 24.3 Å². The number of esters is 1. The number of nitrogens with one attached hydrogen (secondary N) is 1. The molecule has 8 heteroatoms. The van der Waals surface area contributed by atoms with Crippen LogP contribution in [0, 0.1) is 11.6 Å². The summed E-state index contributed by atoms with van der Waals surface area (Å²) >= 11 is 0. The summed E-state index contributed by atoms with van der Waals surface area (Å²) in [6, 6.07) is 10.3. The largest absolute Gasteiger partial charge is 0.461 e. The summed E-state index contributed by atoms with van der Waals surface area (Å²) in [4.78, 5) is 35.4. The Morgan fingerprint density at radius 2 is 1.63 bits per heavy atom. The van der Waals surface area contributed by atoms with E-state index in [1.165, 1.54) is 0 Å². The molecule has 0 saturated carbocycles. The molecular weight excluding hydrogens is 358 g/mol. The molecule has 0 bridgehead atoms. The van der Waals surface area contributed by atoms with Gasteiger partial charge in [-0.15, -0.1) is 0 Å². The van der Waals surface area contributed by atoms with Gasteiger partial charge in [-0.1, -0.05) is 30.3 Å². The second-order valence-corrected chi connectivity index (χ2v) is 5.83. The average molecular weight is 376 g/mol. The van der Waals surface area contributed by atoms with Crippen LogP contribution in [-0.2, 0) is 32.1 Å². The minimum Gasteiger partial charge on any atom is -0.461 e. The van der Waals surface area contributed by atoms with Gasteiger partial charge in [-0.2, -0.15) is 0 Å². The van der Waals surface area contributed by atoms with Gasteiger partial charge < -0.3 is 15.8 Å². The second-order valence-electron chi connectivity index (χ2n) is 5.83. The van der Waals surface area contributed by atoms with Crippen molar-refractivity contribution in [1.29, 1.82) is 0 Å². The standard InChI is InChI=1S/C19H18F2N2O4/c20-14-6-13(7-15(21)9-14)8-17(24)23-16(19(22)26)10-18(25)27-11-12-4-2-1-3-5-12/h1-7,9,16H,8,10-11H2,(H2,22,26)(H,23,24)/t16-/m1/s1. The summed E-state index contributed by atoms with van der Waals surface area (Å²) < 4.78 is 31.4. The van der Waals surface area contributed by atoms with Crippen LogP contribution >= 0.6 is 0 Å². The van der Waals surface area contributed by atoms with Crippen LogP contribution < -0.4 is 11.1 Å². The molecule has 0 aliphatic rings. The van der Waals surface area contributed by atoms with Crippen molar-refractivity contribution < 1.29 is 27.9 Å². The Kier molecular flexibility index (Phi) is 6.99. The van der Waals surface area contributed by atoms with E-state index in [4.69, 9.17) is 10.5 Å². The minimum atomic E-state index is -1.29. The SMILES string of the molecule is NC(=O)[C@@H](CC(=O)OCc1ccccc1)NC(=O)Cc1cc(F)cc(F)c1. The van der Waals surface area contributed by atoms with E-state index in [0.717, 1.165) is 17.7 Å². The second kappa shape index (κ2) is 9.42. The van der Waals surface area contributed by atoms with Crippen molar-refractivity contribution in [3.05, 3.63) is 71.3 Å². The molecular formula is C19H18F2N2O4. The number of amides is 2. The maximum absolute atomic E-state index is 13.2. The van der Waals surface area contributed by atoms with E-state index in [1.807, 2.05) is 6.07 Å². The predicted octanol–water partition coefficient (Wildman–Crippen LogP) is 1.61. The number of benzene rings is 2. The Labute approximate surface area is 154 Å². The fraction of sp³-hybridized carbons (Fsp3) is 0.211. The van der Waals surface area contributed by atoms with Gasteiger partial charge in [0.05, 0.1) is 12.8 Å². The van der Waals surface area contributed by atoms with Gasteiger partial charge in [0, 0.05) is 6.07 Å². The lowest BCUT2D eigenvalue weighted by Gasteiger charge is -2.15. The highest BCUT2D eigenvalue weighted by atomic mass is 19.1. The van der Waals surface area contributed by atoms with E-state index in [1.54, 1.807) is 24.3 Å². The zero-order chi connectivity index (χ0) is 19.8. The van der Waals surface area contributed by atoms with E-state index in [2.05, 4.69) is 5.32 Å². The number of primary amides is 1. The van der Waals surface area contributed by atoms with Crippen LogP contribution in [0.25, 0.3) is 0 Å². The van der Waals surface area contributed by atoms with Gasteiger partial charge in [-0.05, 0) is 23.3 Å². The van der Waals surface area contributed by atoms with Crippen LogP contribution in [0.2, 0.25) is 0 Å². The van der Waals surface area contributed by atoms with Gasteiger partial charge in [-0.25, -0.2) is 8.78 Å². The van der Waals surface area contributed by atoms with Crippen molar-refractivity contribution in [2.75, 3.05) is 0 Å². The van der Waals surface area contributed by atoms with Crippen LogP contribution in [-0.4, -0.2) is 23.8 Å². The smallest absolute Gasteiger partial charge is 0.308 e. The first-order valence-corrected chi connectivity index (χ1v) is 8.06. The summed E-state index contributed by atoms with van der Waals surface area (Å²) in [5.41, 5.74) is 6.05. The van der Waals surface area contributed by atoms with Crippen LogP contribution in [0.5, 0.6) is 0 Å². The number of nitrogens with two attached hydrogens (primary N) is 1. The molecule has 0 heterocycles. The van der Waals surface area contributed by atoms with Crippen molar-refractivity contribution in [2.24, 2.45) is 5.73 Å². The molecule has 0 saturated heterocycles. The Balaban J connectivity index is 1.89. The molecule has 2 aromatic carbocycles. The number of ether oxygens (including phenoxy) is 1. The molecule has 1 atom stereocenters. The Morgan fingerprint density at radius 1 is 1.00 bits per heavy atom. The molecule has 0 aromatic heterocycles. The van der Waals surface area contributed by atoms with E-state index in [0.29, 0.717) is 6.07 Å². The Hall–Kier alpha value is -3.29. The first-order chi connectivity index (χ1) is 12.8. The molecule has 142 valence electrons. The third kappa shape index (κ3) is 6.85. The van der Waals surface area contributed by atoms with Crippen molar-refractivity contribution in [3.8, 4) is 0 Å². The summed E-state index contributed by atoms with van der Waals surface area (Å²) in [5, 5.41) is 2.27. The highest BCUT2D eigenvalue weighted by Crippen LogP contribution is 2.09. The molecule has 0 radical (unpaired) electrons. The average Bonchev–Trinajstić information content (AvgIpc) is 2.59. The molecule has 0 aliphatic carbocycles. The highest BCUT2D eigenvalue weighted by Gasteiger charge is 2.22. The lowest BCUT2D eigenvalue weighted by molar-refractivity contribution is -0.147. The minimum absolute atomic E-state index is 0.0155. The quantitative estimate of drug-likeness (QED) is 0.684. The molecule has 2 aromatic rings. The molecule has 0 spiro atoms. The third-order valence-corrected chi connectivity index (χ3v) is 3.58. The monoisotopic (exact) mass is 376 g/mol. The molecule has 2 rings (SSSR count). The summed E-state index contributed by atoms with van der Waals surface area (Å²) in [7, 11) is 0. The fourth-order valence-corrected chi connectivity index (χ4v) is 2.33. The van der Waals surface area contributed by atoms with E-state index in [-0.39, 0.29) is 18.6 Å². The first-order valence-electron chi connectivity index (χ1n) is 8.06. The maximum Gasteiger partial charge on any atom is 0.308 e. The Morgan fingerprint density at radius 3 is 2.22 bits per heavy atom. The zero-order valence-electron chi connectivity index (χ0n) is 14.3. The number of carbonyl (C=O) groups is 3. The lowest BCUT2D eigenvalue weighted by Crippen LogP contribution is -2.46. The number of halogens is 2. The first kappa shape index (κ1) is 20.0. The zero-order valence-corrected chi connectivity index (χ0v) is 14.3. The fourth-order valence-electron chi connectivity index (χ4n) is 2.33.